The van der Waals surface area contributed by atoms with E-state index >= 15 is 0 Å². The Labute approximate surface area is 83.9 Å². The molecule has 13 heavy (non-hydrogen) atoms. The summed E-state index contributed by atoms with van der Waals surface area (Å²) in [5.74, 6) is 2.94. The van der Waals surface area contributed by atoms with E-state index in [2.05, 4.69) is 20.8 Å². The third-order valence-corrected chi connectivity index (χ3v) is 3.08. The van der Waals surface area contributed by atoms with E-state index in [9.17, 15) is 0 Å². The molecule has 3 N–H and O–H groups in total. The third-order valence-electron chi connectivity index (χ3n) is 3.08. The van der Waals surface area contributed by atoms with Crippen LogP contribution in [0.25, 0.3) is 0 Å². The molecule has 80 valence electrons. The van der Waals surface area contributed by atoms with Crippen molar-refractivity contribution in [1.29, 1.82) is 0 Å². The highest BCUT2D eigenvalue weighted by Gasteiger charge is 2.17. The van der Waals surface area contributed by atoms with E-state index in [1.165, 1.54) is 38.5 Å². The zero-order valence-electron chi connectivity index (χ0n) is 9.68. The third kappa shape index (κ3) is 5.30. The normalized spacial score (nSPS) is 20.3. The molecule has 0 aliphatic heterocycles. The molecular weight excluding hydrogens is 158 g/mol. The first-order chi connectivity index (χ1) is 5.68. The first kappa shape index (κ1) is 13.0. The molecule has 1 atom stereocenters. The highest BCUT2D eigenvalue weighted by Crippen LogP contribution is 2.31. The minimum atomic E-state index is 0. The number of rotatable bonds is 4. The Balaban J connectivity index is 0.00000144. The van der Waals surface area contributed by atoms with Gasteiger partial charge in [0.2, 0.25) is 0 Å². The molecule has 0 aromatic heterocycles. The first-order valence-electron chi connectivity index (χ1n) is 5.68. The van der Waals surface area contributed by atoms with Gasteiger partial charge in [0.05, 0.1) is 0 Å². The summed E-state index contributed by atoms with van der Waals surface area (Å²) < 4.78 is 0. The second kappa shape index (κ2) is 6.42. The van der Waals surface area contributed by atoms with Gasteiger partial charge in [0.25, 0.3) is 0 Å². The van der Waals surface area contributed by atoms with Crippen LogP contribution in [-0.2, 0) is 0 Å². The van der Waals surface area contributed by atoms with Crippen LogP contribution in [0.5, 0.6) is 0 Å². The van der Waals surface area contributed by atoms with Gasteiger partial charge in [0.1, 0.15) is 0 Å². The highest BCUT2D eigenvalue weighted by molar-refractivity contribution is 4.70. The number of hydrogen-bond donors (Lipinski definition) is 1. The quantitative estimate of drug-likeness (QED) is 0.691. The lowest BCUT2D eigenvalue weighted by atomic mass is 9.89. The Morgan fingerprint density at radius 3 is 2.08 bits per heavy atom. The molecule has 0 radical (unpaired) electrons. The average Bonchev–Trinajstić information content (AvgIpc) is 2.37. The molecule has 1 fully saturated rings. The molecule has 0 bridgehead atoms. The Morgan fingerprint density at radius 1 is 1.08 bits per heavy atom. The molecule has 1 heteroatoms. The molecule has 0 spiro atoms. The maximum atomic E-state index is 2.43. The van der Waals surface area contributed by atoms with E-state index in [1.54, 1.807) is 0 Å². The second-order valence-corrected chi connectivity index (χ2v) is 5.12. The van der Waals surface area contributed by atoms with Gasteiger partial charge in [-0.2, -0.15) is 0 Å². The fourth-order valence-corrected chi connectivity index (χ4v) is 2.72. The van der Waals surface area contributed by atoms with Crippen molar-refractivity contribution in [3.63, 3.8) is 0 Å². The van der Waals surface area contributed by atoms with Gasteiger partial charge >= 0.3 is 0 Å². The van der Waals surface area contributed by atoms with Crippen LogP contribution >= 0.6 is 0 Å². The van der Waals surface area contributed by atoms with Crippen LogP contribution in [0.3, 0.4) is 0 Å². The Morgan fingerprint density at radius 2 is 1.62 bits per heavy atom. The van der Waals surface area contributed by atoms with Gasteiger partial charge in [-0.15, -0.1) is 0 Å². The smallest absolute Gasteiger partial charge is 0.0412 e. The van der Waals surface area contributed by atoms with Crippen LogP contribution in [-0.4, -0.2) is 0 Å². The largest absolute Gasteiger partial charge is 0.344 e. The molecule has 0 heterocycles. The van der Waals surface area contributed by atoms with Crippen molar-refractivity contribution in [2.24, 2.45) is 17.8 Å². The fourth-order valence-electron chi connectivity index (χ4n) is 2.72. The molecule has 1 saturated carbocycles. The van der Waals surface area contributed by atoms with E-state index in [1.807, 2.05) is 0 Å². The van der Waals surface area contributed by atoms with E-state index in [-0.39, 0.29) is 6.15 Å². The molecule has 0 amide bonds. The summed E-state index contributed by atoms with van der Waals surface area (Å²) in [5.41, 5.74) is 0. The number of hydrogen-bond acceptors (Lipinski definition) is 1. The van der Waals surface area contributed by atoms with Gasteiger partial charge in [-0.1, -0.05) is 46.5 Å². The topological polar surface area (TPSA) is 35.0 Å². The maximum Gasteiger partial charge on any atom is -0.0412 e. The van der Waals surface area contributed by atoms with Crippen LogP contribution in [0, 0.1) is 17.8 Å². The summed E-state index contributed by atoms with van der Waals surface area (Å²) in [7, 11) is 0. The van der Waals surface area contributed by atoms with Crippen LogP contribution in [0.2, 0.25) is 0 Å². The molecule has 1 aliphatic rings. The predicted molar refractivity (Wildman–Crippen MR) is 60.2 cm³/mol. The highest BCUT2D eigenvalue weighted by atomic mass is 14.2. The van der Waals surface area contributed by atoms with Gasteiger partial charge in [0, 0.05) is 0 Å². The summed E-state index contributed by atoms with van der Waals surface area (Å²) in [6.07, 6.45) is 8.96. The first-order valence-corrected chi connectivity index (χ1v) is 5.68. The minimum Gasteiger partial charge on any atom is -0.344 e. The average molecular weight is 185 g/mol. The van der Waals surface area contributed by atoms with Crippen molar-refractivity contribution in [1.82, 2.24) is 6.15 Å². The monoisotopic (exact) mass is 185 g/mol. The van der Waals surface area contributed by atoms with Crippen molar-refractivity contribution in [3.8, 4) is 0 Å². The zero-order chi connectivity index (χ0) is 8.97. The molecule has 0 saturated heterocycles. The minimum absolute atomic E-state index is 0. The molecule has 1 unspecified atom stereocenters. The van der Waals surface area contributed by atoms with E-state index in [0.717, 1.165) is 17.8 Å². The molecule has 1 nitrogen and oxygen atoms in total. The standard InChI is InChI=1S/C12H24.H3N/c1-10(2)8-11(3)9-12-6-4-5-7-12;/h10-12H,4-9H2,1-3H3;1H3. The van der Waals surface area contributed by atoms with Crippen LogP contribution < -0.4 is 6.15 Å². The van der Waals surface area contributed by atoms with Gasteiger partial charge in [-0.05, 0) is 30.6 Å². The zero-order valence-corrected chi connectivity index (χ0v) is 9.68. The molecule has 0 aromatic carbocycles. The van der Waals surface area contributed by atoms with Gasteiger partial charge < -0.3 is 6.15 Å². The van der Waals surface area contributed by atoms with Crippen LogP contribution in [0.1, 0.15) is 59.3 Å². The fraction of sp³-hybridized carbons (Fsp3) is 1.00. The molecule has 1 rings (SSSR count). The lowest BCUT2D eigenvalue weighted by Crippen LogP contribution is -2.05. The lowest BCUT2D eigenvalue weighted by molar-refractivity contribution is 0.344. The SMILES string of the molecule is CC(C)CC(C)CC1CCCC1.N. The summed E-state index contributed by atoms with van der Waals surface area (Å²) in [6.45, 7) is 7.11. The van der Waals surface area contributed by atoms with Gasteiger partial charge in [-0.25, -0.2) is 0 Å². The van der Waals surface area contributed by atoms with Crippen molar-refractivity contribution in [2.75, 3.05) is 0 Å². The Bertz CT molecular complexity index is 114. The Hall–Kier alpha value is -0.0400. The van der Waals surface area contributed by atoms with Crippen LogP contribution in [0.15, 0.2) is 0 Å². The summed E-state index contributed by atoms with van der Waals surface area (Å²) >= 11 is 0. The molecule has 0 aromatic rings. The summed E-state index contributed by atoms with van der Waals surface area (Å²) in [4.78, 5) is 0. The van der Waals surface area contributed by atoms with Crippen molar-refractivity contribution in [2.45, 2.75) is 59.3 Å². The lowest BCUT2D eigenvalue weighted by Gasteiger charge is -2.17. The summed E-state index contributed by atoms with van der Waals surface area (Å²) in [5, 5.41) is 0. The maximum absolute atomic E-state index is 2.43. The van der Waals surface area contributed by atoms with E-state index in [4.69, 9.17) is 0 Å². The summed E-state index contributed by atoms with van der Waals surface area (Å²) in [6, 6.07) is 0. The van der Waals surface area contributed by atoms with E-state index < -0.39 is 0 Å². The molecule has 1 aliphatic carbocycles. The van der Waals surface area contributed by atoms with Crippen molar-refractivity contribution < 1.29 is 0 Å². The van der Waals surface area contributed by atoms with Crippen molar-refractivity contribution in [3.05, 3.63) is 0 Å². The van der Waals surface area contributed by atoms with E-state index in [0.29, 0.717) is 0 Å². The van der Waals surface area contributed by atoms with Gasteiger partial charge in [0.15, 0.2) is 0 Å². The predicted octanol–water partition coefficient (Wildman–Crippen LogP) is 4.41. The Kier molecular flexibility index (Phi) is 6.40. The van der Waals surface area contributed by atoms with Crippen LogP contribution in [0.4, 0.5) is 0 Å². The second-order valence-electron chi connectivity index (χ2n) is 5.12. The van der Waals surface area contributed by atoms with Gasteiger partial charge in [-0.3, -0.25) is 0 Å². The molecular formula is C12H27N. The van der Waals surface area contributed by atoms with Crippen molar-refractivity contribution >= 4 is 0 Å².